The van der Waals surface area contributed by atoms with Gasteiger partial charge in [-0.3, -0.25) is 19.6 Å². The highest BCUT2D eigenvalue weighted by Crippen LogP contribution is 2.23. The van der Waals surface area contributed by atoms with E-state index in [1.165, 1.54) is 48.5 Å². The second-order valence-electron chi connectivity index (χ2n) is 6.23. The number of non-ortho nitro benzene ring substituents is 1. The lowest BCUT2D eigenvalue weighted by atomic mass is 10.1. The van der Waals surface area contributed by atoms with Crippen molar-refractivity contribution in [3.63, 3.8) is 0 Å². The van der Waals surface area contributed by atoms with Crippen LogP contribution in [0.2, 0.25) is 0 Å². The van der Waals surface area contributed by atoms with Gasteiger partial charge in [-0.2, -0.15) is 0 Å². The first-order chi connectivity index (χ1) is 13.8. The molecule has 0 heterocycles. The molecule has 9 heteroatoms. The quantitative estimate of drug-likeness (QED) is 0.470. The zero-order valence-electron chi connectivity index (χ0n) is 15.3. The molecular weight excluding hydrogens is 394 g/mol. The van der Waals surface area contributed by atoms with Crippen molar-refractivity contribution in [2.75, 3.05) is 10.0 Å². The SMILES string of the molecule is Cc1ccc(S(=O)(=O)Nc2ccccc2C(=O)Nc2cccc([N+](=O)[O-])c2)cc1. The highest BCUT2D eigenvalue weighted by molar-refractivity contribution is 7.92. The Morgan fingerprint density at radius 2 is 1.66 bits per heavy atom. The molecule has 0 aliphatic carbocycles. The van der Waals surface area contributed by atoms with Gasteiger partial charge in [0.1, 0.15) is 0 Å². The van der Waals surface area contributed by atoms with Gasteiger partial charge in [0, 0.05) is 17.8 Å². The van der Waals surface area contributed by atoms with Crippen LogP contribution in [-0.2, 0) is 10.0 Å². The number of nitro benzene ring substituents is 1. The first kappa shape index (κ1) is 20.0. The molecule has 0 aliphatic heterocycles. The molecule has 3 aromatic rings. The van der Waals surface area contributed by atoms with E-state index in [0.29, 0.717) is 0 Å². The number of nitrogens with zero attached hydrogens (tertiary/aromatic N) is 1. The summed E-state index contributed by atoms with van der Waals surface area (Å²) in [5, 5.41) is 13.4. The third-order valence-electron chi connectivity index (χ3n) is 4.06. The molecule has 0 bridgehead atoms. The van der Waals surface area contributed by atoms with Crippen molar-refractivity contribution in [2.45, 2.75) is 11.8 Å². The molecule has 0 fully saturated rings. The Morgan fingerprint density at radius 3 is 2.34 bits per heavy atom. The number of aryl methyl sites for hydroxylation is 1. The second-order valence-corrected chi connectivity index (χ2v) is 7.91. The van der Waals surface area contributed by atoms with E-state index in [1.54, 1.807) is 24.3 Å². The number of hydrogen-bond acceptors (Lipinski definition) is 5. The predicted octanol–water partition coefficient (Wildman–Crippen LogP) is 3.96. The third kappa shape index (κ3) is 4.77. The lowest BCUT2D eigenvalue weighted by molar-refractivity contribution is -0.384. The van der Waals surface area contributed by atoms with E-state index in [-0.39, 0.29) is 27.5 Å². The van der Waals surface area contributed by atoms with E-state index in [4.69, 9.17) is 0 Å². The molecule has 0 saturated heterocycles. The van der Waals surface area contributed by atoms with Gasteiger partial charge in [-0.1, -0.05) is 35.9 Å². The zero-order chi connectivity index (χ0) is 21.0. The molecule has 0 spiro atoms. The van der Waals surface area contributed by atoms with Gasteiger partial charge >= 0.3 is 0 Å². The highest BCUT2D eigenvalue weighted by Gasteiger charge is 2.19. The average molecular weight is 411 g/mol. The summed E-state index contributed by atoms with van der Waals surface area (Å²) >= 11 is 0. The van der Waals surface area contributed by atoms with E-state index in [2.05, 4.69) is 10.0 Å². The van der Waals surface area contributed by atoms with E-state index in [1.807, 2.05) is 6.92 Å². The summed E-state index contributed by atoms with van der Waals surface area (Å²) in [5.41, 5.74) is 1.14. The molecular formula is C20H17N3O5S. The van der Waals surface area contributed by atoms with E-state index in [0.717, 1.165) is 5.56 Å². The summed E-state index contributed by atoms with van der Waals surface area (Å²) in [6, 6.07) is 17.9. The number of sulfonamides is 1. The molecule has 0 atom stereocenters. The summed E-state index contributed by atoms with van der Waals surface area (Å²) in [6.07, 6.45) is 0. The maximum Gasteiger partial charge on any atom is 0.271 e. The molecule has 0 radical (unpaired) electrons. The number of benzene rings is 3. The first-order valence-corrected chi connectivity index (χ1v) is 9.99. The number of para-hydroxylation sites is 1. The number of nitro groups is 1. The zero-order valence-corrected chi connectivity index (χ0v) is 16.1. The molecule has 1 amide bonds. The van der Waals surface area contributed by atoms with Crippen LogP contribution in [0.5, 0.6) is 0 Å². The third-order valence-corrected chi connectivity index (χ3v) is 5.44. The smallest absolute Gasteiger partial charge is 0.271 e. The number of rotatable bonds is 6. The summed E-state index contributed by atoms with van der Waals surface area (Å²) < 4.78 is 27.7. The number of nitrogens with one attached hydrogen (secondary N) is 2. The molecule has 3 rings (SSSR count). The van der Waals surface area contributed by atoms with Gasteiger partial charge in [-0.05, 0) is 37.3 Å². The van der Waals surface area contributed by atoms with Gasteiger partial charge in [0.25, 0.3) is 21.6 Å². The van der Waals surface area contributed by atoms with Crippen LogP contribution in [0.15, 0.2) is 77.7 Å². The molecule has 148 valence electrons. The van der Waals surface area contributed by atoms with Crippen molar-refractivity contribution >= 4 is 33.0 Å². The summed E-state index contributed by atoms with van der Waals surface area (Å²) in [4.78, 5) is 23.1. The maximum absolute atomic E-state index is 12.7. The first-order valence-electron chi connectivity index (χ1n) is 8.50. The number of hydrogen-bond donors (Lipinski definition) is 2. The molecule has 8 nitrogen and oxygen atoms in total. The second kappa shape index (κ2) is 8.11. The van der Waals surface area contributed by atoms with Crippen molar-refractivity contribution < 1.29 is 18.1 Å². The van der Waals surface area contributed by atoms with Crippen molar-refractivity contribution in [3.8, 4) is 0 Å². The van der Waals surface area contributed by atoms with Crippen molar-refractivity contribution in [3.05, 3.63) is 94.0 Å². The van der Waals surface area contributed by atoms with E-state index < -0.39 is 20.9 Å². The number of anilines is 2. The van der Waals surface area contributed by atoms with Crippen molar-refractivity contribution in [2.24, 2.45) is 0 Å². The minimum absolute atomic E-state index is 0.0667. The average Bonchev–Trinajstić information content (AvgIpc) is 2.68. The monoisotopic (exact) mass is 411 g/mol. The summed E-state index contributed by atoms with van der Waals surface area (Å²) in [6.45, 7) is 1.84. The fourth-order valence-electron chi connectivity index (χ4n) is 2.59. The topological polar surface area (TPSA) is 118 Å². The van der Waals surface area contributed by atoms with Crippen LogP contribution < -0.4 is 10.0 Å². The largest absolute Gasteiger partial charge is 0.322 e. The highest BCUT2D eigenvalue weighted by atomic mass is 32.2. The fraction of sp³-hybridized carbons (Fsp3) is 0.0500. The van der Waals surface area contributed by atoms with Gasteiger partial charge in [0.05, 0.1) is 21.1 Å². The molecule has 0 unspecified atom stereocenters. The van der Waals surface area contributed by atoms with Gasteiger partial charge in [0.2, 0.25) is 0 Å². The molecule has 0 aliphatic rings. The number of carbonyl (C=O) groups is 1. The molecule has 0 saturated carbocycles. The van der Waals surface area contributed by atoms with Crippen LogP contribution >= 0.6 is 0 Å². The molecule has 29 heavy (non-hydrogen) atoms. The maximum atomic E-state index is 12.7. The van der Waals surface area contributed by atoms with Gasteiger partial charge < -0.3 is 5.32 Å². The van der Waals surface area contributed by atoms with Crippen LogP contribution in [0.3, 0.4) is 0 Å². The van der Waals surface area contributed by atoms with Gasteiger partial charge in [0.15, 0.2) is 0 Å². The summed E-state index contributed by atoms with van der Waals surface area (Å²) in [5.74, 6) is -0.604. The standard InChI is InChI=1S/C20H17N3O5S/c1-14-9-11-17(12-10-14)29(27,28)22-19-8-3-2-7-18(19)20(24)21-15-5-4-6-16(13-15)23(25)26/h2-13,22H,1H3,(H,21,24). The van der Waals surface area contributed by atoms with E-state index in [9.17, 15) is 23.3 Å². The van der Waals surface area contributed by atoms with Gasteiger partial charge in [-0.25, -0.2) is 8.42 Å². The van der Waals surface area contributed by atoms with E-state index >= 15 is 0 Å². The lowest BCUT2D eigenvalue weighted by Gasteiger charge is -2.13. The van der Waals surface area contributed by atoms with Gasteiger partial charge in [-0.15, -0.1) is 0 Å². The summed E-state index contributed by atoms with van der Waals surface area (Å²) in [7, 11) is -3.90. The Bertz CT molecular complexity index is 1170. The van der Waals surface area contributed by atoms with Crippen molar-refractivity contribution in [1.82, 2.24) is 0 Å². The molecule has 0 aromatic heterocycles. The number of carbonyl (C=O) groups excluding carboxylic acids is 1. The Hall–Kier alpha value is -3.72. The minimum Gasteiger partial charge on any atom is -0.322 e. The number of amides is 1. The minimum atomic E-state index is -3.90. The Morgan fingerprint density at radius 1 is 0.966 bits per heavy atom. The van der Waals surface area contributed by atoms with Crippen LogP contribution in [0.25, 0.3) is 0 Å². The van der Waals surface area contributed by atoms with Crippen LogP contribution in [0, 0.1) is 17.0 Å². The Labute approximate surface area is 167 Å². The fourth-order valence-corrected chi connectivity index (χ4v) is 3.67. The van der Waals surface area contributed by atoms with Crippen LogP contribution in [-0.4, -0.2) is 19.2 Å². The molecule has 3 aromatic carbocycles. The van der Waals surface area contributed by atoms with Crippen LogP contribution in [0.4, 0.5) is 17.1 Å². The lowest BCUT2D eigenvalue weighted by Crippen LogP contribution is -2.18. The Kier molecular flexibility index (Phi) is 5.60. The predicted molar refractivity (Wildman–Crippen MR) is 109 cm³/mol. The molecule has 2 N–H and O–H groups in total. The van der Waals surface area contributed by atoms with Crippen LogP contribution in [0.1, 0.15) is 15.9 Å². The van der Waals surface area contributed by atoms with Crippen molar-refractivity contribution in [1.29, 1.82) is 0 Å². The Balaban J connectivity index is 1.87. The normalized spacial score (nSPS) is 10.9.